The molecule has 7 nitrogen and oxygen atoms in total. The van der Waals surface area contributed by atoms with E-state index in [1.165, 1.54) is 0 Å². The van der Waals surface area contributed by atoms with Crippen molar-refractivity contribution in [2.75, 3.05) is 7.11 Å². The molecular formula is C20H32N2O5. The van der Waals surface area contributed by atoms with Crippen LogP contribution in [0.5, 0.6) is 11.5 Å². The highest BCUT2D eigenvalue weighted by Gasteiger charge is 2.22. The van der Waals surface area contributed by atoms with Crippen LogP contribution in [-0.2, 0) is 9.53 Å². The molecule has 0 saturated heterocycles. The van der Waals surface area contributed by atoms with Crippen LogP contribution >= 0.6 is 0 Å². The lowest BCUT2D eigenvalue weighted by atomic mass is 10.1. The zero-order valence-electron chi connectivity index (χ0n) is 17.5. The fourth-order valence-electron chi connectivity index (χ4n) is 2.28. The Morgan fingerprint density at radius 3 is 2.15 bits per heavy atom. The highest BCUT2D eigenvalue weighted by atomic mass is 16.6. The molecule has 0 aromatic heterocycles. The summed E-state index contributed by atoms with van der Waals surface area (Å²) in [4.78, 5) is 24.2. The van der Waals surface area contributed by atoms with E-state index in [9.17, 15) is 9.59 Å². The van der Waals surface area contributed by atoms with Crippen molar-refractivity contribution < 1.29 is 23.8 Å². The highest BCUT2D eigenvalue weighted by Crippen LogP contribution is 2.31. The molecule has 0 bridgehead atoms. The molecule has 152 valence electrons. The molecule has 0 aliphatic heterocycles. The van der Waals surface area contributed by atoms with Crippen molar-refractivity contribution >= 4 is 12.0 Å². The van der Waals surface area contributed by atoms with E-state index in [-0.39, 0.29) is 18.1 Å². The van der Waals surface area contributed by atoms with Gasteiger partial charge in [-0.15, -0.1) is 0 Å². The Hall–Kier alpha value is -2.44. The molecule has 2 amide bonds. The lowest BCUT2D eigenvalue weighted by molar-refractivity contribution is -0.123. The summed E-state index contributed by atoms with van der Waals surface area (Å²) in [5, 5.41) is 5.40. The van der Waals surface area contributed by atoms with Gasteiger partial charge in [0, 0.05) is 0 Å². The SMILES string of the molecule is COc1cc(C(C)NC(=O)[C@@H](C)NC(=O)OC(C)(C)C)ccc1OC(C)C. The second-order valence-corrected chi connectivity index (χ2v) is 7.68. The van der Waals surface area contributed by atoms with Gasteiger partial charge in [-0.25, -0.2) is 4.79 Å². The first kappa shape index (κ1) is 22.6. The van der Waals surface area contributed by atoms with E-state index < -0.39 is 17.7 Å². The third-order valence-corrected chi connectivity index (χ3v) is 3.54. The maximum atomic E-state index is 12.4. The van der Waals surface area contributed by atoms with E-state index in [1.807, 2.05) is 39.0 Å². The number of carbonyl (C=O) groups excluding carboxylic acids is 2. The number of methoxy groups -OCH3 is 1. The van der Waals surface area contributed by atoms with Gasteiger partial charge < -0.3 is 24.8 Å². The first-order chi connectivity index (χ1) is 12.4. The summed E-state index contributed by atoms with van der Waals surface area (Å²) in [7, 11) is 1.57. The molecule has 1 aromatic carbocycles. The molecule has 0 aliphatic carbocycles. The van der Waals surface area contributed by atoms with Crippen LogP contribution in [0.15, 0.2) is 18.2 Å². The molecule has 0 fully saturated rings. The predicted octanol–water partition coefficient (Wildman–Crippen LogP) is 3.57. The van der Waals surface area contributed by atoms with Crippen molar-refractivity contribution in [3.05, 3.63) is 23.8 Å². The minimum Gasteiger partial charge on any atom is -0.493 e. The standard InChI is InChI=1S/C20H32N2O5/c1-12(2)26-16-10-9-15(11-17(16)25-8)13(3)21-18(23)14(4)22-19(24)27-20(5,6)7/h9-14H,1-8H3,(H,21,23)(H,22,24)/t13?,14-/m1/s1. The third kappa shape index (κ3) is 7.76. The molecule has 0 aliphatic rings. The Morgan fingerprint density at radius 1 is 1.00 bits per heavy atom. The van der Waals surface area contributed by atoms with E-state index in [2.05, 4.69) is 10.6 Å². The smallest absolute Gasteiger partial charge is 0.408 e. The number of ether oxygens (including phenoxy) is 3. The Balaban J connectivity index is 2.73. The summed E-state index contributed by atoms with van der Waals surface area (Å²) >= 11 is 0. The lowest BCUT2D eigenvalue weighted by Gasteiger charge is -2.23. The fraction of sp³-hybridized carbons (Fsp3) is 0.600. The number of benzene rings is 1. The van der Waals surface area contributed by atoms with E-state index in [0.717, 1.165) is 5.56 Å². The van der Waals surface area contributed by atoms with Gasteiger partial charge in [-0.3, -0.25) is 4.79 Å². The van der Waals surface area contributed by atoms with Gasteiger partial charge >= 0.3 is 6.09 Å². The summed E-state index contributed by atoms with van der Waals surface area (Å²) in [6, 6.07) is 4.51. The highest BCUT2D eigenvalue weighted by molar-refractivity contribution is 5.85. The Kier molecular flexibility index (Phi) is 7.94. The Bertz CT molecular complexity index is 652. The number of carbonyl (C=O) groups is 2. The molecule has 27 heavy (non-hydrogen) atoms. The molecule has 0 heterocycles. The van der Waals surface area contributed by atoms with Gasteiger partial charge in [0.15, 0.2) is 11.5 Å². The average molecular weight is 380 g/mol. The Labute approximate surface area is 161 Å². The summed E-state index contributed by atoms with van der Waals surface area (Å²) in [6.45, 7) is 12.6. The second-order valence-electron chi connectivity index (χ2n) is 7.68. The van der Waals surface area contributed by atoms with Crippen LogP contribution in [0, 0.1) is 0 Å². The molecule has 7 heteroatoms. The van der Waals surface area contributed by atoms with Crippen molar-refractivity contribution in [1.82, 2.24) is 10.6 Å². The van der Waals surface area contributed by atoms with Crippen molar-refractivity contribution in [1.29, 1.82) is 0 Å². The number of hydrogen-bond acceptors (Lipinski definition) is 5. The van der Waals surface area contributed by atoms with Gasteiger partial charge in [0.1, 0.15) is 11.6 Å². The fourth-order valence-corrected chi connectivity index (χ4v) is 2.28. The first-order valence-corrected chi connectivity index (χ1v) is 9.07. The average Bonchev–Trinajstić information content (AvgIpc) is 2.52. The van der Waals surface area contributed by atoms with Crippen LogP contribution in [-0.4, -0.2) is 36.9 Å². The summed E-state index contributed by atoms with van der Waals surface area (Å²) < 4.78 is 16.2. The van der Waals surface area contributed by atoms with Gasteiger partial charge in [0.25, 0.3) is 0 Å². The molecule has 1 aromatic rings. The van der Waals surface area contributed by atoms with Gasteiger partial charge in [-0.05, 0) is 66.2 Å². The monoisotopic (exact) mass is 380 g/mol. The molecule has 1 unspecified atom stereocenters. The summed E-state index contributed by atoms with van der Waals surface area (Å²) in [5.74, 6) is 0.937. The van der Waals surface area contributed by atoms with Gasteiger partial charge in [0.2, 0.25) is 5.91 Å². The summed E-state index contributed by atoms with van der Waals surface area (Å²) in [5.41, 5.74) is 0.241. The third-order valence-electron chi connectivity index (χ3n) is 3.54. The van der Waals surface area contributed by atoms with Crippen molar-refractivity contribution in [3.8, 4) is 11.5 Å². The predicted molar refractivity (Wildman–Crippen MR) is 104 cm³/mol. The van der Waals surface area contributed by atoms with Crippen LogP contribution in [0.25, 0.3) is 0 Å². The number of amides is 2. The Morgan fingerprint density at radius 2 is 1.63 bits per heavy atom. The zero-order chi connectivity index (χ0) is 20.8. The van der Waals surface area contributed by atoms with E-state index in [4.69, 9.17) is 14.2 Å². The number of hydrogen-bond donors (Lipinski definition) is 2. The minimum absolute atomic E-state index is 0.0293. The van der Waals surface area contributed by atoms with Crippen LogP contribution in [0.4, 0.5) is 4.79 Å². The second kappa shape index (κ2) is 9.48. The largest absolute Gasteiger partial charge is 0.493 e. The van der Waals surface area contributed by atoms with Crippen molar-refractivity contribution in [2.45, 2.75) is 72.3 Å². The maximum Gasteiger partial charge on any atom is 0.408 e. The van der Waals surface area contributed by atoms with Crippen LogP contribution in [0.2, 0.25) is 0 Å². The van der Waals surface area contributed by atoms with Crippen molar-refractivity contribution in [2.24, 2.45) is 0 Å². The van der Waals surface area contributed by atoms with E-state index in [1.54, 1.807) is 34.8 Å². The van der Waals surface area contributed by atoms with Gasteiger partial charge in [-0.2, -0.15) is 0 Å². The molecule has 0 saturated carbocycles. The number of nitrogens with one attached hydrogen (secondary N) is 2. The lowest BCUT2D eigenvalue weighted by Crippen LogP contribution is -2.47. The van der Waals surface area contributed by atoms with E-state index in [0.29, 0.717) is 11.5 Å². The van der Waals surface area contributed by atoms with Crippen molar-refractivity contribution in [3.63, 3.8) is 0 Å². The van der Waals surface area contributed by atoms with Crippen LogP contribution in [0.3, 0.4) is 0 Å². The topological polar surface area (TPSA) is 85.9 Å². The number of rotatable bonds is 7. The van der Waals surface area contributed by atoms with Crippen LogP contribution in [0.1, 0.15) is 60.1 Å². The first-order valence-electron chi connectivity index (χ1n) is 9.07. The minimum atomic E-state index is -0.729. The van der Waals surface area contributed by atoms with Crippen LogP contribution < -0.4 is 20.1 Å². The normalized spacial score (nSPS) is 13.5. The molecule has 0 radical (unpaired) electrons. The molecule has 1 rings (SSSR count). The molecule has 2 atom stereocenters. The van der Waals surface area contributed by atoms with E-state index >= 15 is 0 Å². The summed E-state index contributed by atoms with van der Waals surface area (Å²) in [6.07, 6.45) is -0.601. The maximum absolute atomic E-state index is 12.4. The molecular weight excluding hydrogens is 348 g/mol. The molecule has 0 spiro atoms. The van der Waals surface area contributed by atoms with Gasteiger partial charge in [0.05, 0.1) is 19.3 Å². The quantitative estimate of drug-likeness (QED) is 0.755. The number of alkyl carbamates (subject to hydrolysis) is 1. The zero-order valence-corrected chi connectivity index (χ0v) is 17.5. The molecule has 2 N–H and O–H groups in total. The van der Waals surface area contributed by atoms with Gasteiger partial charge in [-0.1, -0.05) is 6.07 Å².